The molecule has 0 saturated carbocycles. The van der Waals surface area contributed by atoms with Crippen LogP contribution >= 0.6 is 23.2 Å². The van der Waals surface area contributed by atoms with Gasteiger partial charge in [0, 0.05) is 18.0 Å². The molecule has 0 fully saturated rings. The predicted octanol–water partition coefficient (Wildman–Crippen LogP) is 5.58. The number of nitriles is 1. The van der Waals surface area contributed by atoms with Crippen molar-refractivity contribution in [2.75, 3.05) is 13.2 Å². The van der Waals surface area contributed by atoms with Gasteiger partial charge < -0.3 is 14.8 Å². The number of carbonyl (C=O) groups is 2. The summed E-state index contributed by atoms with van der Waals surface area (Å²) in [5.74, 6) is 0.0780. The number of benzene rings is 2. The molecule has 0 aliphatic heterocycles. The largest absolute Gasteiger partial charge is 0.492 e. The molecule has 2 aromatic rings. The molecule has 0 spiro atoms. The molecule has 1 N–H and O–H groups in total. The summed E-state index contributed by atoms with van der Waals surface area (Å²) in [5.41, 5.74) is 0.673. The van der Waals surface area contributed by atoms with Gasteiger partial charge in [0.1, 0.15) is 23.1 Å². The molecule has 0 saturated heterocycles. The molecular weight excluding hydrogens is 451 g/mol. The Hall–Kier alpha value is -3.01. The third kappa shape index (κ3) is 8.62. The first-order chi connectivity index (χ1) is 15.4. The molecule has 2 rings (SSSR count). The van der Waals surface area contributed by atoms with Crippen LogP contribution in [0.5, 0.6) is 11.5 Å². The van der Waals surface area contributed by atoms with Gasteiger partial charge in [-0.1, -0.05) is 48.7 Å². The standard InChI is InChI=1S/C24H24Cl2N2O4/c1-2-3-12-28-24(30)18(16-27)14-17-6-9-20(10-7-17)32-23(29)5-4-13-31-22-11-8-19(25)15-21(22)26/h6-11,14-15H,2-5,12-13H2,1H3,(H,28,30)/b18-14+. The topological polar surface area (TPSA) is 88.4 Å². The molecule has 2 aromatic carbocycles. The van der Waals surface area contributed by atoms with Crippen LogP contribution in [0.1, 0.15) is 38.2 Å². The number of hydrogen-bond donors (Lipinski definition) is 1. The average Bonchev–Trinajstić information content (AvgIpc) is 2.77. The van der Waals surface area contributed by atoms with E-state index in [1.807, 2.05) is 13.0 Å². The number of hydrogen-bond acceptors (Lipinski definition) is 5. The minimum Gasteiger partial charge on any atom is -0.492 e. The minimum atomic E-state index is -0.404. The van der Waals surface area contributed by atoms with Gasteiger partial charge in [-0.2, -0.15) is 5.26 Å². The van der Waals surface area contributed by atoms with Gasteiger partial charge in [-0.15, -0.1) is 0 Å². The van der Waals surface area contributed by atoms with Crippen LogP contribution in [0.2, 0.25) is 10.0 Å². The van der Waals surface area contributed by atoms with Crippen molar-refractivity contribution < 1.29 is 19.1 Å². The summed E-state index contributed by atoms with van der Waals surface area (Å²) in [7, 11) is 0. The van der Waals surface area contributed by atoms with Crippen molar-refractivity contribution >= 4 is 41.2 Å². The highest BCUT2D eigenvalue weighted by molar-refractivity contribution is 6.35. The van der Waals surface area contributed by atoms with E-state index in [9.17, 15) is 14.9 Å². The van der Waals surface area contributed by atoms with E-state index in [1.165, 1.54) is 6.08 Å². The van der Waals surface area contributed by atoms with Gasteiger partial charge in [0.2, 0.25) is 0 Å². The SMILES string of the molecule is CCCCNC(=O)/C(C#N)=C/c1ccc(OC(=O)CCCOc2ccc(Cl)cc2Cl)cc1. The van der Waals surface area contributed by atoms with E-state index in [2.05, 4.69) is 5.32 Å². The third-order valence-corrected chi connectivity index (χ3v) is 4.81. The molecule has 0 heterocycles. The van der Waals surface area contributed by atoms with Gasteiger partial charge in [-0.3, -0.25) is 9.59 Å². The highest BCUT2D eigenvalue weighted by Gasteiger charge is 2.09. The van der Waals surface area contributed by atoms with Crippen molar-refractivity contribution in [1.82, 2.24) is 5.32 Å². The molecule has 0 radical (unpaired) electrons. The Balaban J connectivity index is 1.80. The Labute approximate surface area is 197 Å². The lowest BCUT2D eigenvalue weighted by atomic mass is 10.1. The summed E-state index contributed by atoms with van der Waals surface area (Å²) < 4.78 is 10.8. The summed E-state index contributed by atoms with van der Waals surface area (Å²) in [6.07, 6.45) is 3.92. The molecule has 0 atom stereocenters. The Kier molecular flexibility index (Phi) is 10.6. The smallest absolute Gasteiger partial charge is 0.311 e. The van der Waals surface area contributed by atoms with Crippen molar-refractivity contribution in [2.24, 2.45) is 0 Å². The zero-order chi connectivity index (χ0) is 23.3. The molecule has 0 aliphatic carbocycles. The van der Waals surface area contributed by atoms with Gasteiger partial charge in [0.25, 0.3) is 5.91 Å². The summed E-state index contributed by atoms with van der Waals surface area (Å²) in [6.45, 7) is 2.85. The Morgan fingerprint density at radius 1 is 1.12 bits per heavy atom. The van der Waals surface area contributed by atoms with E-state index >= 15 is 0 Å². The Bertz CT molecular complexity index is 998. The van der Waals surface area contributed by atoms with Crippen LogP contribution < -0.4 is 14.8 Å². The highest BCUT2D eigenvalue weighted by Crippen LogP contribution is 2.27. The van der Waals surface area contributed by atoms with Crippen molar-refractivity contribution in [1.29, 1.82) is 5.26 Å². The normalized spacial score (nSPS) is 10.9. The maximum absolute atomic E-state index is 12.0. The van der Waals surface area contributed by atoms with E-state index < -0.39 is 11.9 Å². The van der Waals surface area contributed by atoms with Gasteiger partial charge in [-0.05, 0) is 54.8 Å². The molecule has 0 bridgehead atoms. The van der Waals surface area contributed by atoms with Crippen LogP contribution in [0.15, 0.2) is 48.0 Å². The Morgan fingerprint density at radius 2 is 1.88 bits per heavy atom. The Morgan fingerprint density at radius 3 is 2.53 bits per heavy atom. The van der Waals surface area contributed by atoms with E-state index in [1.54, 1.807) is 42.5 Å². The fraction of sp³-hybridized carbons (Fsp3) is 0.292. The van der Waals surface area contributed by atoms with Crippen LogP contribution in [0.3, 0.4) is 0 Å². The van der Waals surface area contributed by atoms with Crippen LogP contribution in [0.4, 0.5) is 0 Å². The number of nitrogens with one attached hydrogen (secondary N) is 1. The summed E-state index contributed by atoms with van der Waals surface area (Å²) in [4.78, 5) is 24.1. The van der Waals surface area contributed by atoms with Gasteiger partial charge in [0.05, 0.1) is 11.6 Å². The lowest BCUT2D eigenvalue weighted by molar-refractivity contribution is -0.134. The van der Waals surface area contributed by atoms with Crippen molar-refractivity contribution in [3.63, 3.8) is 0 Å². The molecule has 8 heteroatoms. The number of amides is 1. The maximum Gasteiger partial charge on any atom is 0.311 e. The fourth-order valence-corrected chi connectivity index (χ4v) is 3.06. The number of unbranched alkanes of at least 4 members (excludes halogenated alkanes) is 1. The summed E-state index contributed by atoms with van der Waals surface area (Å²) >= 11 is 11.9. The van der Waals surface area contributed by atoms with Crippen molar-refractivity contribution in [3.05, 3.63) is 63.6 Å². The maximum atomic E-state index is 12.0. The zero-order valence-electron chi connectivity index (χ0n) is 17.7. The molecule has 32 heavy (non-hydrogen) atoms. The molecular formula is C24H24Cl2N2O4. The van der Waals surface area contributed by atoms with E-state index in [4.69, 9.17) is 32.7 Å². The van der Waals surface area contributed by atoms with Crippen LogP contribution in [0.25, 0.3) is 6.08 Å². The number of carbonyl (C=O) groups excluding carboxylic acids is 2. The first kappa shape index (κ1) is 25.3. The first-order valence-corrected chi connectivity index (χ1v) is 11.0. The molecule has 0 aliphatic rings. The number of ether oxygens (including phenoxy) is 2. The number of rotatable bonds is 11. The zero-order valence-corrected chi connectivity index (χ0v) is 19.2. The predicted molar refractivity (Wildman–Crippen MR) is 125 cm³/mol. The third-order valence-electron chi connectivity index (χ3n) is 4.28. The van der Waals surface area contributed by atoms with Crippen LogP contribution in [-0.4, -0.2) is 25.0 Å². The van der Waals surface area contributed by atoms with E-state index in [0.29, 0.717) is 46.7 Å². The lowest BCUT2D eigenvalue weighted by Crippen LogP contribution is -2.25. The number of halogens is 2. The van der Waals surface area contributed by atoms with Gasteiger partial charge >= 0.3 is 5.97 Å². The van der Waals surface area contributed by atoms with Crippen LogP contribution in [-0.2, 0) is 9.59 Å². The lowest BCUT2D eigenvalue weighted by Gasteiger charge is -2.08. The second-order valence-electron chi connectivity index (χ2n) is 6.85. The van der Waals surface area contributed by atoms with Gasteiger partial charge in [0.15, 0.2) is 0 Å². The van der Waals surface area contributed by atoms with Crippen LogP contribution in [0, 0.1) is 11.3 Å². The monoisotopic (exact) mass is 474 g/mol. The number of nitrogens with zero attached hydrogens (tertiary/aromatic N) is 1. The molecule has 0 aromatic heterocycles. The summed E-state index contributed by atoms with van der Waals surface area (Å²) in [6, 6.07) is 13.4. The minimum absolute atomic E-state index is 0.0200. The molecule has 6 nitrogen and oxygen atoms in total. The molecule has 1 amide bonds. The molecule has 168 valence electrons. The van der Waals surface area contributed by atoms with Crippen molar-refractivity contribution in [2.45, 2.75) is 32.6 Å². The quantitative estimate of drug-likeness (QED) is 0.151. The van der Waals surface area contributed by atoms with Gasteiger partial charge in [-0.25, -0.2) is 0 Å². The number of esters is 1. The molecule has 0 unspecified atom stereocenters. The second-order valence-corrected chi connectivity index (χ2v) is 7.69. The van der Waals surface area contributed by atoms with E-state index in [0.717, 1.165) is 12.8 Å². The second kappa shape index (κ2) is 13.4. The first-order valence-electron chi connectivity index (χ1n) is 10.2. The van der Waals surface area contributed by atoms with Crippen molar-refractivity contribution in [3.8, 4) is 17.6 Å². The average molecular weight is 475 g/mol. The summed E-state index contributed by atoms with van der Waals surface area (Å²) in [5, 5.41) is 12.9. The fourth-order valence-electron chi connectivity index (χ4n) is 2.59. The van der Waals surface area contributed by atoms with E-state index in [-0.39, 0.29) is 12.0 Å². The highest BCUT2D eigenvalue weighted by atomic mass is 35.5.